The second-order valence-electron chi connectivity index (χ2n) is 2.67. The monoisotopic (exact) mass is 282 g/mol. The van der Waals surface area contributed by atoms with Gasteiger partial charge in [0.2, 0.25) is 0 Å². The lowest BCUT2D eigenvalue weighted by atomic mass is 10.1. The normalized spacial score (nSPS) is 10.5. The number of alkyl halides is 2. The summed E-state index contributed by atoms with van der Waals surface area (Å²) < 4.78 is 40.8. The highest BCUT2D eigenvalue weighted by atomic mass is 79.9. The highest BCUT2D eigenvalue weighted by Crippen LogP contribution is 2.30. The topological polar surface area (TPSA) is 26.3 Å². The first-order valence-corrected chi connectivity index (χ1v) is 4.66. The number of hydrogen-bond acceptors (Lipinski definition) is 2. The van der Waals surface area contributed by atoms with Crippen LogP contribution in [-0.2, 0) is 0 Å². The molecule has 0 radical (unpaired) electrons. The van der Waals surface area contributed by atoms with E-state index in [1.165, 1.54) is 0 Å². The van der Waals surface area contributed by atoms with Gasteiger partial charge in [-0.2, -0.15) is 8.78 Å². The lowest BCUT2D eigenvalue weighted by Gasteiger charge is -2.10. The Morgan fingerprint density at radius 3 is 2.53 bits per heavy atom. The maximum absolute atomic E-state index is 13.0. The second kappa shape index (κ2) is 4.65. The van der Waals surface area contributed by atoms with Gasteiger partial charge in [-0.1, -0.05) is 0 Å². The third-order valence-corrected chi connectivity index (χ3v) is 2.40. The SMILES string of the molecule is CC(=O)c1c(OC(F)F)ccc(F)c1Br. The summed E-state index contributed by atoms with van der Waals surface area (Å²) in [6, 6.07) is 1.93. The van der Waals surface area contributed by atoms with Gasteiger partial charge in [0, 0.05) is 0 Å². The number of benzene rings is 1. The molecular formula is C9H6BrF3O2. The van der Waals surface area contributed by atoms with Gasteiger partial charge in [-0.25, -0.2) is 4.39 Å². The van der Waals surface area contributed by atoms with Crippen LogP contribution in [0.5, 0.6) is 5.75 Å². The van der Waals surface area contributed by atoms with Crippen LogP contribution in [0.4, 0.5) is 13.2 Å². The zero-order valence-electron chi connectivity index (χ0n) is 7.56. The van der Waals surface area contributed by atoms with E-state index in [9.17, 15) is 18.0 Å². The van der Waals surface area contributed by atoms with E-state index in [-0.39, 0.29) is 15.8 Å². The standard InChI is InChI=1S/C9H6BrF3O2/c1-4(14)7-6(15-9(12)13)3-2-5(11)8(7)10/h2-3,9H,1H3. The molecule has 0 aliphatic heterocycles. The van der Waals surface area contributed by atoms with Crippen LogP contribution in [0.25, 0.3) is 0 Å². The molecule has 0 unspecified atom stereocenters. The summed E-state index contributed by atoms with van der Waals surface area (Å²) in [4.78, 5) is 11.1. The summed E-state index contributed by atoms with van der Waals surface area (Å²) in [7, 11) is 0. The van der Waals surface area contributed by atoms with Crippen molar-refractivity contribution in [3.63, 3.8) is 0 Å². The van der Waals surface area contributed by atoms with Gasteiger partial charge in [0.25, 0.3) is 0 Å². The summed E-state index contributed by atoms with van der Waals surface area (Å²) in [5, 5.41) is 0. The van der Waals surface area contributed by atoms with E-state index in [1.807, 2.05) is 0 Å². The average Bonchev–Trinajstić information content (AvgIpc) is 2.10. The minimum absolute atomic E-state index is 0.173. The molecule has 82 valence electrons. The molecule has 6 heteroatoms. The van der Waals surface area contributed by atoms with Crippen LogP contribution in [0, 0.1) is 5.82 Å². The number of rotatable bonds is 3. The maximum Gasteiger partial charge on any atom is 0.387 e. The molecule has 0 bridgehead atoms. The van der Waals surface area contributed by atoms with Crippen LogP contribution < -0.4 is 4.74 Å². The van der Waals surface area contributed by atoms with Gasteiger partial charge in [-0.3, -0.25) is 4.79 Å². The molecule has 0 aromatic heterocycles. The first-order valence-electron chi connectivity index (χ1n) is 3.87. The highest BCUT2D eigenvalue weighted by Gasteiger charge is 2.18. The molecule has 0 atom stereocenters. The Bertz CT molecular complexity index is 393. The van der Waals surface area contributed by atoms with Crippen molar-refractivity contribution in [2.24, 2.45) is 0 Å². The molecule has 15 heavy (non-hydrogen) atoms. The van der Waals surface area contributed by atoms with Crippen molar-refractivity contribution in [1.82, 2.24) is 0 Å². The third kappa shape index (κ3) is 2.71. The van der Waals surface area contributed by atoms with Crippen LogP contribution in [-0.4, -0.2) is 12.4 Å². The van der Waals surface area contributed by atoms with E-state index in [1.54, 1.807) is 0 Å². The largest absolute Gasteiger partial charge is 0.434 e. The Kier molecular flexibility index (Phi) is 3.73. The van der Waals surface area contributed by atoms with Crippen molar-refractivity contribution >= 4 is 21.7 Å². The fraction of sp³-hybridized carbons (Fsp3) is 0.222. The van der Waals surface area contributed by atoms with Crippen LogP contribution in [0.15, 0.2) is 16.6 Å². The number of Topliss-reactive ketones (excluding diaryl/α,β-unsaturated/α-hetero) is 1. The molecule has 1 aromatic carbocycles. The van der Waals surface area contributed by atoms with E-state index in [4.69, 9.17) is 0 Å². The van der Waals surface area contributed by atoms with Crippen LogP contribution in [0.1, 0.15) is 17.3 Å². The fourth-order valence-electron chi connectivity index (χ4n) is 1.06. The molecule has 2 nitrogen and oxygen atoms in total. The number of halogens is 4. The summed E-state index contributed by atoms with van der Waals surface area (Å²) in [5.41, 5.74) is -0.227. The van der Waals surface area contributed by atoms with Gasteiger partial charge in [-0.15, -0.1) is 0 Å². The molecule has 0 heterocycles. The molecule has 0 amide bonds. The maximum atomic E-state index is 13.0. The summed E-state index contributed by atoms with van der Waals surface area (Å²) >= 11 is 2.80. The molecule has 0 saturated heterocycles. The van der Waals surface area contributed by atoms with Crippen molar-refractivity contribution in [1.29, 1.82) is 0 Å². The van der Waals surface area contributed by atoms with Crippen molar-refractivity contribution in [2.45, 2.75) is 13.5 Å². The Balaban J connectivity index is 3.27. The molecule has 0 fully saturated rings. The van der Waals surface area contributed by atoms with Gasteiger partial charge < -0.3 is 4.74 Å². The summed E-state index contributed by atoms with van der Waals surface area (Å²) in [6.07, 6.45) is 0. The number of carbonyl (C=O) groups excluding carboxylic acids is 1. The predicted molar refractivity (Wildman–Crippen MR) is 50.7 cm³/mol. The molecule has 0 aliphatic rings. The van der Waals surface area contributed by atoms with E-state index < -0.39 is 18.2 Å². The minimum atomic E-state index is -3.06. The van der Waals surface area contributed by atoms with Crippen LogP contribution in [0.2, 0.25) is 0 Å². The van der Waals surface area contributed by atoms with E-state index in [2.05, 4.69) is 20.7 Å². The van der Waals surface area contributed by atoms with Crippen molar-refractivity contribution in [3.05, 3.63) is 28.0 Å². The predicted octanol–water partition coefficient (Wildman–Crippen LogP) is 3.39. The molecule has 1 aromatic rings. The Hall–Kier alpha value is -1.04. The van der Waals surface area contributed by atoms with Crippen molar-refractivity contribution in [3.8, 4) is 5.75 Å². The molecule has 1 rings (SSSR count). The van der Waals surface area contributed by atoms with Gasteiger partial charge in [-0.05, 0) is 35.0 Å². The van der Waals surface area contributed by atoms with Gasteiger partial charge >= 0.3 is 6.61 Å². The Labute approximate surface area is 92.2 Å². The first-order chi connectivity index (χ1) is 6.93. The fourth-order valence-corrected chi connectivity index (χ4v) is 1.66. The molecular weight excluding hydrogens is 277 g/mol. The Morgan fingerprint density at radius 1 is 1.47 bits per heavy atom. The molecule has 0 aliphatic carbocycles. The van der Waals surface area contributed by atoms with Gasteiger partial charge in [0.05, 0.1) is 10.0 Å². The van der Waals surface area contributed by atoms with Gasteiger partial charge in [0.15, 0.2) is 5.78 Å². The Morgan fingerprint density at radius 2 is 2.07 bits per heavy atom. The number of carbonyl (C=O) groups is 1. The number of ketones is 1. The quantitative estimate of drug-likeness (QED) is 0.795. The van der Waals surface area contributed by atoms with E-state index >= 15 is 0 Å². The zero-order chi connectivity index (χ0) is 11.6. The number of hydrogen-bond donors (Lipinski definition) is 0. The van der Waals surface area contributed by atoms with E-state index in [0.29, 0.717) is 0 Å². The first kappa shape index (κ1) is 12.0. The minimum Gasteiger partial charge on any atom is -0.434 e. The molecule has 0 N–H and O–H groups in total. The van der Waals surface area contributed by atoms with Crippen molar-refractivity contribution in [2.75, 3.05) is 0 Å². The van der Waals surface area contributed by atoms with Crippen molar-refractivity contribution < 1.29 is 22.7 Å². The zero-order valence-corrected chi connectivity index (χ0v) is 9.15. The lowest BCUT2D eigenvalue weighted by Crippen LogP contribution is -2.07. The van der Waals surface area contributed by atoms with Crippen LogP contribution >= 0.6 is 15.9 Å². The highest BCUT2D eigenvalue weighted by molar-refractivity contribution is 9.10. The molecule has 0 spiro atoms. The number of ether oxygens (including phenoxy) is 1. The summed E-state index contributed by atoms with van der Waals surface area (Å²) in [6.45, 7) is -1.92. The lowest BCUT2D eigenvalue weighted by molar-refractivity contribution is -0.0502. The van der Waals surface area contributed by atoms with Gasteiger partial charge in [0.1, 0.15) is 11.6 Å². The molecule has 0 saturated carbocycles. The summed E-state index contributed by atoms with van der Waals surface area (Å²) in [5.74, 6) is -1.61. The van der Waals surface area contributed by atoms with E-state index in [0.717, 1.165) is 19.1 Å². The third-order valence-electron chi connectivity index (χ3n) is 1.62. The average molecular weight is 283 g/mol. The smallest absolute Gasteiger partial charge is 0.387 e. The second-order valence-corrected chi connectivity index (χ2v) is 3.46. The van der Waals surface area contributed by atoms with Crippen LogP contribution in [0.3, 0.4) is 0 Å².